The summed E-state index contributed by atoms with van der Waals surface area (Å²) < 4.78 is 1.81. The molecule has 3 rings (SSSR count). The molecular formula is C13H18N6. The highest BCUT2D eigenvalue weighted by molar-refractivity contribution is 5.70. The van der Waals surface area contributed by atoms with Crippen LogP contribution in [0.5, 0.6) is 0 Å². The van der Waals surface area contributed by atoms with Crippen molar-refractivity contribution in [3.05, 3.63) is 25.0 Å². The summed E-state index contributed by atoms with van der Waals surface area (Å²) in [4.78, 5) is 14.9. The van der Waals surface area contributed by atoms with Crippen LogP contribution in [0.25, 0.3) is 5.82 Å². The van der Waals surface area contributed by atoms with Crippen molar-refractivity contribution >= 4 is 11.5 Å². The lowest BCUT2D eigenvalue weighted by Crippen LogP contribution is -2.34. The van der Waals surface area contributed by atoms with E-state index in [-0.39, 0.29) is 0 Å². The van der Waals surface area contributed by atoms with Gasteiger partial charge in [-0.25, -0.2) is 15.0 Å². The third-order valence-corrected chi connectivity index (χ3v) is 3.67. The van der Waals surface area contributed by atoms with Crippen LogP contribution in [-0.2, 0) is 0 Å². The minimum atomic E-state index is 0.620. The first-order valence-corrected chi connectivity index (χ1v) is 6.59. The first kappa shape index (κ1) is 12.0. The predicted octanol–water partition coefficient (Wildman–Crippen LogP) is 1.48. The van der Waals surface area contributed by atoms with Gasteiger partial charge in [0.05, 0.1) is 0 Å². The molecule has 0 saturated carbocycles. The van der Waals surface area contributed by atoms with Gasteiger partial charge in [0, 0.05) is 25.5 Å². The summed E-state index contributed by atoms with van der Waals surface area (Å²) >= 11 is 0. The van der Waals surface area contributed by atoms with Gasteiger partial charge in [0.2, 0.25) is 0 Å². The highest BCUT2D eigenvalue weighted by Gasteiger charge is 2.20. The van der Waals surface area contributed by atoms with Crippen molar-refractivity contribution in [1.82, 2.24) is 19.5 Å². The molecule has 1 aliphatic heterocycles. The van der Waals surface area contributed by atoms with E-state index in [1.54, 1.807) is 18.9 Å². The van der Waals surface area contributed by atoms with Gasteiger partial charge in [-0.3, -0.25) is 4.57 Å². The Kier molecular flexibility index (Phi) is 3.06. The average molecular weight is 258 g/mol. The maximum absolute atomic E-state index is 6.22. The minimum absolute atomic E-state index is 0.620. The standard InChI is InChI=1S/C13H18N6/c1-10-2-5-18(6-3-10)12-11(14)13(17-8-16-12)19-7-4-15-9-19/h4,7-10H,2-3,5-6,14H2,1H3. The van der Waals surface area contributed by atoms with Gasteiger partial charge in [-0.15, -0.1) is 0 Å². The number of anilines is 2. The summed E-state index contributed by atoms with van der Waals surface area (Å²) in [5.41, 5.74) is 6.85. The predicted molar refractivity (Wildman–Crippen MR) is 74.2 cm³/mol. The molecule has 6 heteroatoms. The molecule has 0 amide bonds. The largest absolute Gasteiger partial charge is 0.393 e. The summed E-state index contributed by atoms with van der Waals surface area (Å²) in [7, 11) is 0. The van der Waals surface area contributed by atoms with E-state index in [1.165, 1.54) is 12.8 Å². The number of hydrogen-bond donors (Lipinski definition) is 1. The van der Waals surface area contributed by atoms with Gasteiger partial charge in [-0.2, -0.15) is 0 Å². The van der Waals surface area contributed by atoms with Gasteiger partial charge in [0.15, 0.2) is 11.6 Å². The first-order valence-electron chi connectivity index (χ1n) is 6.59. The zero-order chi connectivity index (χ0) is 13.2. The van der Waals surface area contributed by atoms with Crippen LogP contribution in [0.2, 0.25) is 0 Å². The molecule has 2 aromatic heterocycles. The summed E-state index contributed by atoms with van der Waals surface area (Å²) in [5.74, 6) is 2.32. The lowest BCUT2D eigenvalue weighted by atomic mass is 9.99. The van der Waals surface area contributed by atoms with E-state index in [0.29, 0.717) is 11.5 Å². The molecule has 0 aromatic carbocycles. The van der Waals surface area contributed by atoms with Gasteiger partial charge in [-0.1, -0.05) is 6.92 Å². The topological polar surface area (TPSA) is 72.9 Å². The Morgan fingerprint density at radius 1 is 1.21 bits per heavy atom. The second-order valence-electron chi connectivity index (χ2n) is 5.07. The second-order valence-corrected chi connectivity index (χ2v) is 5.07. The van der Waals surface area contributed by atoms with Crippen LogP contribution >= 0.6 is 0 Å². The van der Waals surface area contributed by atoms with Crippen LogP contribution in [0, 0.1) is 5.92 Å². The fourth-order valence-corrected chi connectivity index (χ4v) is 2.44. The molecule has 0 spiro atoms. The number of aromatic nitrogens is 4. The SMILES string of the molecule is CC1CCN(c2ncnc(-n3ccnc3)c2N)CC1. The third-order valence-electron chi connectivity index (χ3n) is 3.67. The molecular weight excluding hydrogens is 240 g/mol. The molecule has 3 heterocycles. The average Bonchev–Trinajstić information content (AvgIpc) is 2.94. The Labute approximate surface area is 112 Å². The lowest BCUT2D eigenvalue weighted by Gasteiger charge is -2.32. The van der Waals surface area contributed by atoms with E-state index in [9.17, 15) is 0 Å². The zero-order valence-corrected chi connectivity index (χ0v) is 11.0. The number of hydrogen-bond acceptors (Lipinski definition) is 5. The van der Waals surface area contributed by atoms with Gasteiger partial charge < -0.3 is 10.6 Å². The molecule has 19 heavy (non-hydrogen) atoms. The number of nitrogen functional groups attached to an aromatic ring is 1. The van der Waals surface area contributed by atoms with Crippen LogP contribution in [0.3, 0.4) is 0 Å². The Balaban J connectivity index is 1.92. The molecule has 1 aliphatic rings. The maximum Gasteiger partial charge on any atom is 0.166 e. The normalized spacial score (nSPS) is 16.8. The van der Waals surface area contributed by atoms with Crippen LogP contribution in [0.4, 0.5) is 11.5 Å². The number of nitrogens with zero attached hydrogens (tertiary/aromatic N) is 5. The number of rotatable bonds is 2. The van der Waals surface area contributed by atoms with Gasteiger partial charge in [0.1, 0.15) is 18.3 Å². The van der Waals surface area contributed by atoms with Crippen molar-refractivity contribution in [2.45, 2.75) is 19.8 Å². The molecule has 100 valence electrons. The van der Waals surface area contributed by atoms with Crippen molar-refractivity contribution < 1.29 is 0 Å². The third kappa shape index (κ3) is 2.25. The fraction of sp³-hybridized carbons (Fsp3) is 0.462. The molecule has 0 radical (unpaired) electrons. The monoisotopic (exact) mass is 258 g/mol. The van der Waals surface area contributed by atoms with E-state index < -0.39 is 0 Å². The van der Waals surface area contributed by atoms with Gasteiger partial charge in [0.25, 0.3) is 0 Å². The van der Waals surface area contributed by atoms with Crippen LogP contribution in [0.1, 0.15) is 19.8 Å². The summed E-state index contributed by atoms with van der Waals surface area (Å²) in [5, 5.41) is 0. The number of piperidine rings is 1. The lowest BCUT2D eigenvalue weighted by molar-refractivity contribution is 0.437. The Morgan fingerprint density at radius 3 is 2.63 bits per heavy atom. The highest BCUT2D eigenvalue weighted by Crippen LogP contribution is 2.28. The van der Waals surface area contributed by atoms with Crippen LogP contribution in [-0.4, -0.2) is 32.6 Å². The zero-order valence-electron chi connectivity index (χ0n) is 11.0. The van der Waals surface area contributed by atoms with Crippen LogP contribution < -0.4 is 10.6 Å². The van der Waals surface area contributed by atoms with E-state index >= 15 is 0 Å². The van der Waals surface area contributed by atoms with Crippen molar-refractivity contribution in [2.24, 2.45) is 5.92 Å². The van der Waals surface area contributed by atoms with Crippen molar-refractivity contribution in [1.29, 1.82) is 0 Å². The Hall–Kier alpha value is -2.11. The van der Waals surface area contributed by atoms with Crippen LogP contribution in [0.15, 0.2) is 25.0 Å². The van der Waals surface area contributed by atoms with E-state index in [1.807, 2.05) is 10.8 Å². The van der Waals surface area contributed by atoms with E-state index in [2.05, 4.69) is 26.8 Å². The smallest absolute Gasteiger partial charge is 0.166 e. The number of nitrogens with two attached hydrogens (primary N) is 1. The molecule has 0 unspecified atom stereocenters. The highest BCUT2D eigenvalue weighted by atomic mass is 15.2. The first-order chi connectivity index (χ1) is 9.25. The Morgan fingerprint density at radius 2 is 1.95 bits per heavy atom. The van der Waals surface area contributed by atoms with Gasteiger partial charge >= 0.3 is 0 Å². The molecule has 1 saturated heterocycles. The minimum Gasteiger partial charge on any atom is -0.393 e. The van der Waals surface area contributed by atoms with Crippen molar-refractivity contribution in [3.63, 3.8) is 0 Å². The van der Waals surface area contributed by atoms with E-state index in [4.69, 9.17) is 5.73 Å². The van der Waals surface area contributed by atoms with E-state index in [0.717, 1.165) is 24.8 Å². The maximum atomic E-state index is 6.22. The van der Waals surface area contributed by atoms with Gasteiger partial charge in [-0.05, 0) is 18.8 Å². The second kappa shape index (κ2) is 4.87. The quantitative estimate of drug-likeness (QED) is 0.883. The summed E-state index contributed by atoms with van der Waals surface area (Å²) in [6, 6.07) is 0. The number of imidazole rings is 1. The summed E-state index contributed by atoms with van der Waals surface area (Å²) in [6.45, 7) is 4.30. The molecule has 2 N–H and O–H groups in total. The molecule has 0 bridgehead atoms. The molecule has 0 atom stereocenters. The molecule has 6 nitrogen and oxygen atoms in total. The summed E-state index contributed by atoms with van der Waals surface area (Å²) in [6.07, 6.45) is 9.18. The fourth-order valence-electron chi connectivity index (χ4n) is 2.44. The molecule has 2 aromatic rings. The molecule has 1 fully saturated rings. The molecule has 0 aliphatic carbocycles. The van der Waals surface area contributed by atoms with Crippen molar-refractivity contribution in [2.75, 3.05) is 23.7 Å². The van der Waals surface area contributed by atoms with Crippen molar-refractivity contribution in [3.8, 4) is 5.82 Å². The Bertz CT molecular complexity index is 542.